The van der Waals surface area contributed by atoms with Crippen LogP contribution in [0.3, 0.4) is 0 Å². The summed E-state index contributed by atoms with van der Waals surface area (Å²) in [5.41, 5.74) is 1.35. The van der Waals surface area contributed by atoms with Gasteiger partial charge in [-0.2, -0.15) is 0 Å². The molecule has 1 saturated heterocycles. The van der Waals surface area contributed by atoms with Crippen LogP contribution in [-0.2, 0) is 18.9 Å². The van der Waals surface area contributed by atoms with Gasteiger partial charge in [-0.1, -0.05) is 0 Å². The average Bonchev–Trinajstić information content (AvgIpc) is 2.60. The van der Waals surface area contributed by atoms with E-state index in [2.05, 4.69) is 4.90 Å². The van der Waals surface area contributed by atoms with Gasteiger partial charge in [-0.15, -0.1) is 0 Å². The average molecular weight is 342 g/mol. The second kappa shape index (κ2) is 11.1. The summed E-state index contributed by atoms with van der Waals surface area (Å²) in [7, 11) is 0. The van der Waals surface area contributed by atoms with Gasteiger partial charge in [-0.3, -0.25) is 10.1 Å². The van der Waals surface area contributed by atoms with Crippen LogP contribution in [0.2, 0.25) is 0 Å². The fourth-order valence-corrected chi connectivity index (χ4v) is 2.54. The van der Waals surface area contributed by atoms with Gasteiger partial charge in [-0.05, 0) is 12.5 Å². The van der Waals surface area contributed by atoms with Crippen LogP contribution in [-0.4, -0.2) is 75.8 Å². The van der Waals surface area contributed by atoms with E-state index in [0.29, 0.717) is 65.7 Å². The molecule has 0 N–H and O–H groups in total. The Morgan fingerprint density at radius 3 is 1.71 bits per heavy atom. The second-order valence-electron chi connectivity index (χ2n) is 5.51. The van der Waals surface area contributed by atoms with Crippen molar-refractivity contribution in [1.29, 1.82) is 0 Å². The van der Waals surface area contributed by atoms with Gasteiger partial charge in [0, 0.05) is 31.3 Å². The number of nitrogens with zero attached hydrogens (tertiary/aromatic N) is 2. The van der Waals surface area contributed by atoms with Crippen LogP contribution < -0.4 is 0 Å². The van der Waals surface area contributed by atoms with Crippen molar-refractivity contribution in [1.82, 2.24) is 4.90 Å². The van der Waals surface area contributed by atoms with Crippen LogP contribution in [0.5, 0.6) is 0 Å². The van der Waals surface area contributed by atoms with Gasteiger partial charge in [0.2, 0.25) is 5.70 Å². The maximum atomic E-state index is 10.8. The first kappa shape index (κ1) is 18.9. The molecule has 136 valence electrons. The van der Waals surface area contributed by atoms with E-state index in [4.69, 9.17) is 18.9 Å². The third-order valence-corrected chi connectivity index (χ3v) is 3.87. The van der Waals surface area contributed by atoms with Gasteiger partial charge in [-0.25, -0.2) is 0 Å². The monoisotopic (exact) mass is 342 g/mol. The molecule has 0 aromatic carbocycles. The summed E-state index contributed by atoms with van der Waals surface area (Å²) in [6.07, 6.45) is 4.55. The van der Waals surface area contributed by atoms with E-state index in [-0.39, 0.29) is 10.6 Å². The van der Waals surface area contributed by atoms with Crippen molar-refractivity contribution in [2.75, 3.05) is 65.9 Å². The maximum Gasteiger partial charge on any atom is 0.246 e. The predicted octanol–water partition coefficient (Wildman–Crippen LogP) is 1.21. The lowest BCUT2D eigenvalue weighted by Crippen LogP contribution is -2.31. The van der Waals surface area contributed by atoms with E-state index in [1.54, 1.807) is 6.08 Å². The van der Waals surface area contributed by atoms with E-state index in [1.165, 1.54) is 0 Å². The SMILES string of the molecule is O=[N+]([O-])C1=CC=C(N2CCOCCOCCOCCOCC2)CC1. The second-order valence-corrected chi connectivity index (χ2v) is 5.51. The van der Waals surface area contributed by atoms with Gasteiger partial charge < -0.3 is 23.8 Å². The maximum absolute atomic E-state index is 10.8. The molecular weight excluding hydrogens is 316 g/mol. The van der Waals surface area contributed by atoms with Crippen molar-refractivity contribution in [3.05, 3.63) is 33.7 Å². The van der Waals surface area contributed by atoms with Crippen LogP contribution in [0.1, 0.15) is 12.8 Å². The highest BCUT2D eigenvalue weighted by Crippen LogP contribution is 2.21. The topological polar surface area (TPSA) is 83.3 Å². The Bertz CT molecular complexity index is 436. The molecular formula is C16H26N2O6. The van der Waals surface area contributed by atoms with E-state index in [9.17, 15) is 10.1 Å². The largest absolute Gasteiger partial charge is 0.377 e. The number of allylic oxidation sites excluding steroid dienone is 4. The molecule has 0 radical (unpaired) electrons. The molecule has 24 heavy (non-hydrogen) atoms. The number of nitro groups is 1. The molecule has 0 atom stereocenters. The molecule has 0 saturated carbocycles. The molecule has 2 aliphatic rings. The summed E-state index contributed by atoms with van der Waals surface area (Å²) in [4.78, 5) is 12.7. The molecule has 8 nitrogen and oxygen atoms in total. The molecule has 1 heterocycles. The van der Waals surface area contributed by atoms with Crippen molar-refractivity contribution in [3.8, 4) is 0 Å². The number of rotatable bonds is 2. The third-order valence-electron chi connectivity index (χ3n) is 3.87. The van der Waals surface area contributed by atoms with Crippen molar-refractivity contribution >= 4 is 0 Å². The zero-order chi connectivity index (χ0) is 17.0. The fraction of sp³-hybridized carbons (Fsp3) is 0.750. The Labute approximate surface area is 142 Å². The van der Waals surface area contributed by atoms with Gasteiger partial charge in [0.25, 0.3) is 0 Å². The van der Waals surface area contributed by atoms with Crippen molar-refractivity contribution in [3.63, 3.8) is 0 Å². The standard InChI is InChI=1S/C16H26N2O6/c19-18(20)16-3-1-15(2-4-16)17-5-7-21-9-11-23-13-14-24-12-10-22-8-6-17/h1,3H,2,4-14H2. The van der Waals surface area contributed by atoms with Gasteiger partial charge in [0.1, 0.15) is 0 Å². The lowest BCUT2D eigenvalue weighted by Gasteiger charge is -2.28. The first-order valence-corrected chi connectivity index (χ1v) is 8.37. The molecule has 0 unspecified atom stereocenters. The van der Waals surface area contributed by atoms with E-state index >= 15 is 0 Å². The summed E-state index contributed by atoms with van der Waals surface area (Å²) in [5.74, 6) is 0. The van der Waals surface area contributed by atoms with Gasteiger partial charge in [0.05, 0.1) is 57.8 Å². The first-order chi connectivity index (χ1) is 11.8. The molecule has 8 heteroatoms. The Balaban J connectivity index is 1.88. The lowest BCUT2D eigenvalue weighted by molar-refractivity contribution is -0.428. The normalized spacial score (nSPS) is 22.8. The smallest absolute Gasteiger partial charge is 0.246 e. The molecule has 1 fully saturated rings. The predicted molar refractivity (Wildman–Crippen MR) is 87.2 cm³/mol. The molecule has 0 aromatic rings. The summed E-state index contributed by atoms with van der Waals surface area (Å²) < 4.78 is 22.0. The van der Waals surface area contributed by atoms with E-state index < -0.39 is 0 Å². The van der Waals surface area contributed by atoms with Gasteiger partial charge >= 0.3 is 0 Å². The number of hydrogen-bond donors (Lipinski definition) is 0. The Morgan fingerprint density at radius 2 is 1.29 bits per heavy atom. The summed E-state index contributed by atoms with van der Waals surface area (Å²) in [5, 5.41) is 10.8. The van der Waals surface area contributed by atoms with E-state index in [1.807, 2.05) is 6.08 Å². The lowest BCUT2D eigenvalue weighted by atomic mass is 10.1. The van der Waals surface area contributed by atoms with Crippen LogP contribution in [0.25, 0.3) is 0 Å². The molecule has 0 amide bonds. The van der Waals surface area contributed by atoms with Crippen LogP contribution in [0.4, 0.5) is 0 Å². The molecule has 2 rings (SSSR count). The Hall–Kier alpha value is -1.48. The molecule has 1 aliphatic heterocycles. The third kappa shape index (κ3) is 6.96. The molecule has 1 aliphatic carbocycles. The van der Waals surface area contributed by atoms with Gasteiger partial charge in [0.15, 0.2) is 0 Å². The minimum absolute atomic E-state index is 0.263. The quantitative estimate of drug-likeness (QED) is 0.551. The summed E-state index contributed by atoms with van der Waals surface area (Å²) >= 11 is 0. The minimum atomic E-state index is -0.314. The van der Waals surface area contributed by atoms with Crippen LogP contribution in [0.15, 0.2) is 23.5 Å². The fourth-order valence-electron chi connectivity index (χ4n) is 2.54. The highest BCUT2D eigenvalue weighted by Gasteiger charge is 2.18. The first-order valence-electron chi connectivity index (χ1n) is 8.37. The molecule has 0 spiro atoms. The van der Waals surface area contributed by atoms with Crippen molar-refractivity contribution in [2.45, 2.75) is 12.8 Å². The van der Waals surface area contributed by atoms with Crippen LogP contribution in [0, 0.1) is 10.1 Å². The van der Waals surface area contributed by atoms with Crippen LogP contribution >= 0.6 is 0 Å². The molecule has 0 aromatic heterocycles. The Kier molecular flexibility index (Phi) is 8.75. The van der Waals surface area contributed by atoms with E-state index in [0.717, 1.165) is 18.8 Å². The summed E-state index contributed by atoms with van der Waals surface area (Å²) in [6.45, 7) is 5.96. The molecule has 0 bridgehead atoms. The Morgan fingerprint density at radius 1 is 0.792 bits per heavy atom. The highest BCUT2D eigenvalue weighted by molar-refractivity contribution is 5.20. The highest BCUT2D eigenvalue weighted by atomic mass is 16.6. The number of ether oxygens (including phenoxy) is 4. The minimum Gasteiger partial charge on any atom is -0.377 e. The number of hydrogen-bond acceptors (Lipinski definition) is 7. The van der Waals surface area contributed by atoms with Crippen molar-refractivity contribution < 1.29 is 23.9 Å². The van der Waals surface area contributed by atoms with Crippen molar-refractivity contribution in [2.24, 2.45) is 0 Å². The zero-order valence-electron chi connectivity index (χ0n) is 14.0. The summed E-state index contributed by atoms with van der Waals surface area (Å²) in [6, 6.07) is 0. The zero-order valence-corrected chi connectivity index (χ0v) is 14.0.